The van der Waals surface area contributed by atoms with Crippen molar-refractivity contribution in [2.75, 3.05) is 0 Å². The summed E-state index contributed by atoms with van der Waals surface area (Å²) >= 11 is 0. The van der Waals surface area contributed by atoms with E-state index in [4.69, 9.17) is 21.0 Å². The highest BCUT2D eigenvalue weighted by atomic mass is 17.0. The van der Waals surface area contributed by atoms with E-state index in [1.54, 1.807) is 24.3 Å². The number of hydrogen-bond acceptors (Lipinski definition) is 6. The molecule has 114 valence electrons. The lowest BCUT2D eigenvalue weighted by Gasteiger charge is -1.94. The molecule has 2 N–H and O–H groups in total. The van der Waals surface area contributed by atoms with E-state index in [-0.39, 0.29) is 0 Å². The molecule has 2 aromatic rings. The molecule has 0 saturated heterocycles. The molecule has 2 heterocycles. The average molecular weight is 302 g/mol. The Kier molecular flexibility index (Phi) is 9.92. The molecule has 0 unspecified atom stereocenters. The minimum absolute atomic E-state index is 0.295. The van der Waals surface area contributed by atoms with Crippen molar-refractivity contribution < 1.29 is 20.0 Å². The van der Waals surface area contributed by atoms with Crippen molar-refractivity contribution in [3.8, 4) is 12.1 Å². The van der Waals surface area contributed by atoms with E-state index >= 15 is 0 Å². The van der Waals surface area contributed by atoms with Gasteiger partial charge in [-0.05, 0) is 12.1 Å². The van der Waals surface area contributed by atoms with E-state index < -0.39 is 0 Å². The van der Waals surface area contributed by atoms with Crippen LogP contribution in [-0.4, -0.2) is 10.5 Å². The van der Waals surface area contributed by atoms with Gasteiger partial charge in [0.25, 0.3) is 0 Å². The Morgan fingerprint density at radius 1 is 0.864 bits per heavy atom. The van der Waals surface area contributed by atoms with Crippen molar-refractivity contribution in [1.82, 2.24) is 0 Å². The first-order chi connectivity index (χ1) is 10.7. The molecule has 8 nitrogen and oxygen atoms in total. The van der Waals surface area contributed by atoms with Crippen LogP contribution in [0.2, 0.25) is 0 Å². The highest BCUT2D eigenvalue weighted by molar-refractivity contribution is 5.10. The lowest BCUT2D eigenvalue weighted by Crippen LogP contribution is -2.24. The van der Waals surface area contributed by atoms with Crippen molar-refractivity contribution >= 4 is 0 Å². The van der Waals surface area contributed by atoms with Crippen molar-refractivity contribution in [3.63, 3.8) is 0 Å². The molecule has 0 atom stereocenters. The monoisotopic (exact) mass is 302 g/mol. The SMILES string of the molecule is N#CCc1ccc[n+]([O-])c1.N#CCc1ccc[n+]([O-])c1.OO. The topological polar surface area (TPSA) is 142 Å². The Morgan fingerprint density at radius 2 is 1.23 bits per heavy atom. The van der Waals surface area contributed by atoms with Gasteiger partial charge < -0.3 is 10.4 Å². The van der Waals surface area contributed by atoms with Gasteiger partial charge in [-0.3, -0.25) is 10.5 Å². The maximum Gasteiger partial charge on any atom is 0.184 e. The molecule has 0 aliphatic heterocycles. The molecule has 0 amide bonds. The van der Waals surface area contributed by atoms with Gasteiger partial charge in [0.05, 0.1) is 25.0 Å². The first-order valence-corrected chi connectivity index (χ1v) is 5.95. The molecule has 0 bridgehead atoms. The van der Waals surface area contributed by atoms with Crippen LogP contribution in [-0.2, 0) is 12.8 Å². The fourth-order valence-electron chi connectivity index (χ4n) is 1.39. The van der Waals surface area contributed by atoms with E-state index in [1.165, 1.54) is 24.8 Å². The van der Waals surface area contributed by atoms with Gasteiger partial charge in [-0.25, -0.2) is 0 Å². The summed E-state index contributed by atoms with van der Waals surface area (Å²) in [5.74, 6) is 0. The molecular formula is C14H14N4O4. The second kappa shape index (κ2) is 11.6. The maximum atomic E-state index is 10.6. The molecule has 2 rings (SSSR count). The van der Waals surface area contributed by atoms with E-state index in [0.29, 0.717) is 22.3 Å². The Labute approximate surface area is 127 Å². The van der Waals surface area contributed by atoms with Crippen LogP contribution in [0.5, 0.6) is 0 Å². The van der Waals surface area contributed by atoms with Crippen LogP contribution in [0.4, 0.5) is 0 Å². The summed E-state index contributed by atoms with van der Waals surface area (Å²) in [5.41, 5.74) is 1.50. The van der Waals surface area contributed by atoms with Crippen LogP contribution in [0.25, 0.3) is 0 Å². The smallest absolute Gasteiger partial charge is 0.184 e. The van der Waals surface area contributed by atoms with E-state index in [0.717, 1.165) is 11.1 Å². The normalized spacial score (nSPS) is 8.18. The maximum absolute atomic E-state index is 10.6. The van der Waals surface area contributed by atoms with Crippen LogP contribution < -0.4 is 9.46 Å². The van der Waals surface area contributed by atoms with Crippen LogP contribution >= 0.6 is 0 Å². The predicted molar refractivity (Wildman–Crippen MR) is 74.7 cm³/mol. The van der Waals surface area contributed by atoms with Crippen molar-refractivity contribution in [3.05, 3.63) is 70.6 Å². The summed E-state index contributed by atoms with van der Waals surface area (Å²) < 4.78 is 1.37. The summed E-state index contributed by atoms with van der Waals surface area (Å²) in [6, 6.07) is 10.7. The zero-order valence-corrected chi connectivity index (χ0v) is 11.5. The molecule has 8 heteroatoms. The van der Waals surface area contributed by atoms with E-state index in [9.17, 15) is 10.4 Å². The Morgan fingerprint density at radius 3 is 1.50 bits per heavy atom. The average Bonchev–Trinajstić information content (AvgIpc) is 2.51. The van der Waals surface area contributed by atoms with Gasteiger partial charge in [0.2, 0.25) is 0 Å². The standard InChI is InChI=1S/2C7H6N2O.H2O2/c2*8-4-3-7-2-1-5-9(10)6-7;1-2/h2*1-2,5-6H,3H2;1-2H. The number of aromatic nitrogens is 2. The van der Waals surface area contributed by atoms with Gasteiger partial charge >= 0.3 is 0 Å². The summed E-state index contributed by atoms with van der Waals surface area (Å²) in [7, 11) is 0. The number of pyridine rings is 2. The molecule has 0 aromatic carbocycles. The van der Waals surface area contributed by atoms with Crippen LogP contribution in [0.3, 0.4) is 0 Å². The summed E-state index contributed by atoms with van der Waals surface area (Å²) in [6.07, 6.45) is 6.15. The second-order valence-corrected chi connectivity index (χ2v) is 3.81. The minimum atomic E-state index is 0.295. The number of nitrogens with zero attached hydrogens (tertiary/aromatic N) is 4. The van der Waals surface area contributed by atoms with Gasteiger partial charge in [-0.2, -0.15) is 20.0 Å². The zero-order valence-electron chi connectivity index (χ0n) is 11.5. The van der Waals surface area contributed by atoms with Gasteiger partial charge in [-0.1, -0.05) is 0 Å². The molecule has 22 heavy (non-hydrogen) atoms. The molecule has 0 saturated carbocycles. The number of hydrogen-bond donors (Lipinski definition) is 2. The van der Waals surface area contributed by atoms with E-state index in [1.807, 2.05) is 12.1 Å². The van der Waals surface area contributed by atoms with E-state index in [2.05, 4.69) is 0 Å². The molecular weight excluding hydrogens is 288 g/mol. The fourth-order valence-corrected chi connectivity index (χ4v) is 1.39. The van der Waals surface area contributed by atoms with Crippen LogP contribution in [0, 0.1) is 33.1 Å². The number of rotatable bonds is 2. The summed E-state index contributed by atoms with van der Waals surface area (Å²) in [5, 5.41) is 49.6. The fraction of sp³-hybridized carbons (Fsp3) is 0.143. The second-order valence-electron chi connectivity index (χ2n) is 3.81. The first kappa shape index (κ1) is 18.8. The molecule has 0 aliphatic rings. The van der Waals surface area contributed by atoms with Crippen LogP contribution in [0.1, 0.15) is 11.1 Å². The first-order valence-electron chi connectivity index (χ1n) is 5.95. The highest BCUT2D eigenvalue weighted by Crippen LogP contribution is 1.93. The Hall–Kier alpha value is -3.20. The van der Waals surface area contributed by atoms with Crippen LogP contribution in [0.15, 0.2) is 49.1 Å². The zero-order chi connectivity index (χ0) is 16.8. The van der Waals surface area contributed by atoms with Crippen molar-refractivity contribution in [2.24, 2.45) is 0 Å². The van der Waals surface area contributed by atoms with Crippen molar-refractivity contribution in [2.45, 2.75) is 12.8 Å². The molecule has 0 spiro atoms. The summed E-state index contributed by atoms with van der Waals surface area (Å²) in [4.78, 5) is 0. The minimum Gasteiger partial charge on any atom is -0.619 e. The Balaban J connectivity index is 0.000000360. The number of nitriles is 2. The lowest BCUT2D eigenvalue weighted by molar-refractivity contribution is -0.606. The van der Waals surface area contributed by atoms with Gasteiger partial charge in [0, 0.05) is 23.3 Å². The third kappa shape index (κ3) is 8.07. The van der Waals surface area contributed by atoms with Crippen molar-refractivity contribution in [1.29, 1.82) is 10.5 Å². The molecule has 2 aromatic heterocycles. The summed E-state index contributed by atoms with van der Waals surface area (Å²) in [6.45, 7) is 0. The third-order valence-corrected chi connectivity index (χ3v) is 2.24. The largest absolute Gasteiger partial charge is 0.619 e. The molecule has 0 radical (unpaired) electrons. The predicted octanol–water partition coefficient (Wildman–Crippen LogP) is 0.790. The van der Waals surface area contributed by atoms with Gasteiger partial charge in [0.15, 0.2) is 24.8 Å². The third-order valence-electron chi connectivity index (χ3n) is 2.24. The Bertz CT molecular complexity index is 592. The quantitative estimate of drug-likeness (QED) is 0.363. The lowest BCUT2D eigenvalue weighted by atomic mass is 10.2. The molecule has 0 aliphatic carbocycles. The highest BCUT2D eigenvalue weighted by Gasteiger charge is 1.94. The van der Waals surface area contributed by atoms with Gasteiger partial charge in [-0.15, -0.1) is 0 Å². The molecule has 0 fully saturated rings. The van der Waals surface area contributed by atoms with Gasteiger partial charge in [0.1, 0.15) is 0 Å².